The topological polar surface area (TPSA) is 76.2 Å². The Morgan fingerprint density at radius 1 is 1.53 bits per heavy atom. The lowest BCUT2D eigenvalue weighted by Gasteiger charge is -2.05. The molecule has 0 aliphatic heterocycles. The van der Waals surface area contributed by atoms with E-state index in [2.05, 4.69) is 0 Å². The van der Waals surface area contributed by atoms with Gasteiger partial charge in [-0.15, -0.1) is 0 Å². The first-order valence-electron chi connectivity index (χ1n) is 5.22. The van der Waals surface area contributed by atoms with E-state index in [1.807, 2.05) is 13.8 Å². The van der Waals surface area contributed by atoms with Crippen LogP contribution >= 0.6 is 0 Å². The van der Waals surface area contributed by atoms with Gasteiger partial charge in [0.1, 0.15) is 5.82 Å². The van der Waals surface area contributed by atoms with Crippen molar-refractivity contribution in [1.82, 2.24) is 0 Å². The average Bonchev–Trinajstić information content (AvgIpc) is 2.31. The lowest BCUT2D eigenvalue weighted by molar-refractivity contribution is -0.385. The number of hydrogen-bond acceptors (Lipinski definition) is 4. The van der Waals surface area contributed by atoms with Crippen LogP contribution < -0.4 is 0 Å². The van der Waals surface area contributed by atoms with Crippen molar-refractivity contribution in [2.75, 3.05) is 6.61 Å². The fourth-order valence-corrected chi connectivity index (χ4v) is 1.02. The molecule has 0 spiro atoms. The predicted octanol–water partition coefficient (Wildman–Crippen LogP) is 3.12. The van der Waals surface area contributed by atoms with E-state index >= 15 is 0 Å². The molecule has 94 valence electrons. The molecule has 5 nitrogen and oxygen atoms in total. The third kappa shape index (κ3) is 4.18. The molecule has 1 aromatic carbocycles. The molecule has 0 aliphatic carbocycles. The molecule has 0 fully saturated rings. The molecule has 0 heterocycles. The monoisotopic (exact) mass is 242 g/mol. The number of nitrogens with zero attached hydrogens (tertiary/aromatic N) is 1. The highest BCUT2D eigenvalue weighted by molar-refractivity contribution is 5.92. The van der Waals surface area contributed by atoms with Crippen LogP contribution in [0, 0.1) is 21.3 Å². The number of halogens is 1. The highest BCUT2D eigenvalue weighted by Gasteiger charge is 2.14. The van der Waals surface area contributed by atoms with Gasteiger partial charge in [0.15, 0.2) is 0 Å². The van der Waals surface area contributed by atoms with Gasteiger partial charge in [-0.25, -0.2) is 4.39 Å². The molecule has 0 radical (unpaired) electrons. The van der Waals surface area contributed by atoms with Crippen molar-refractivity contribution in [3.63, 3.8) is 0 Å². The van der Waals surface area contributed by atoms with Gasteiger partial charge in [-0.05, 0) is 13.0 Å². The van der Waals surface area contributed by atoms with E-state index in [9.17, 15) is 14.5 Å². The van der Waals surface area contributed by atoms with Crippen molar-refractivity contribution in [2.24, 2.45) is 0 Å². The third-order valence-electron chi connectivity index (χ3n) is 1.70. The van der Waals surface area contributed by atoms with Gasteiger partial charge in [-0.1, -0.05) is 13.8 Å². The Bertz CT molecular complexity index is 408. The molecule has 0 aromatic heterocycles. The molecular weight excluding hydrogens is 227 g/mol. The summed E-state index contributed by atoms with van der Waals surface area (Å²) in [6, 6.07) is 3.06. The highest BCUT2D eigenvalue weighted by Crippen LogP contribution is 2.17. The molecule has 1 rings (SSSR count). The molecule has 1 N–H and O–H groups in total. The smallest absolute Gasteiger partial charge is 0.272 e. The second kappa shape index (κ2) is 7.32. The number of hydrogen-bond donors (Lipinski definition) is 1. The summed E-state index contributed by atoms with van der Waals surface area (Å²) in [5, 5.41) is 17.6. The van der Waals surface area contributed by atoms with Crippen molar-refractivity contribution < 1.29 is 14.1 Å². The number of benzene rings is 1. The standard InChI is InChI=1S/C9H9FN2O3.C2H6/c1-2-15-9(11)7-4-3-6(12(13)14)5-8(7)10;1-2/h3-5,11H,2H2,1H3;1-2H3. The minimum Gasteiger partial charge on any atom is -0.478 e. The Morgan fingerprint density at radius 3 is 2.53 bits per heavy atom. The first-order valence-corrected chi connectivity index (χ1v) is 5.22. The fourth-order valence-electron chi connectivity index (χ4n) is 1.02. The lowest BCUT2D eigenvalue weighted by Crippen LogP contribution is -2.07. The van der Waals surface area contributed by atoms with Crippen LogP contribution in [0.4, 0.5) is 10.1 Å². The summed E-state index contributed by atoms with van der Waals surface area (Å²) in [5.74, 6) is -1.16. The molecule has 1 aromatic rings. The fraction of sp³-hybridized carbons (Fsp3) is 0.364. The molecule has 0 aliphatic rings. The molecule has 0 saturated heterocycles. The van der Waals surface area contributed by atoms with E-state index in [0.717, 1.165) is 18.2 Å². The average molecular weight is 242 g/mol. The Kier molecular flexibility index (Phi) is 6.47. The number of ether oxygens (including phenoxy) is 1. The van der Waals surface area contributed by atoms with E-state index in [-0.39, 0.29) is 23.8 Å². The summed E-state index contributed by atoms with van der Waals surface area (Å²) in [4.78, 5) is 9.62. The summed E-state index contributed by atoms with van der Waals surface area (Å²) < 4.78 is 18.0. The van der Waals surface area contributed by atoms with Crippen molar-refractivity contribution in [3.8, 4) is 0 Å². The van der Waals surface area contributed by atoms with Crippen molar-refractivity contribution in [2.45, 2.75) is 20.8 Å². The van der Waals surface area contributed by atoms with Gasteiger partial charge >= 0.3 is 0 Å². The molecule has 17 heavy (non-hydrogen) atoms. The second-order valence-corrected chi connectivity index (χ2v) is 2.68. The number of non-ortho nitro benzene ring substituents is 1. The molecule has 0 saturated carbocycles. The Morgan fingerprint density at radius 2 is 2.12 bits per heavy atom. The van der Waals surface area contributed by atoms with E-state index < -0.39 is 10.7 Å². The first kappa shape index (κ1) is 15.0. The van der Waals surface area contributed by atoms with Gasteiger partial charge in [0, 0.05) is 6.07 Å². The molecule has 0 unspecified atom stereocenters. The molecule has 0 atom stereocenters. The summed E-state index contributed by atoms with van der Waals surface area (Å²) in [5.41, 5.74) is -0.428. The summed E-state index contributed by atoms with van der Waals surface area (Å²) in [6.45, 7) is 5.91. The Balaban J connectivity index is 0.00000121. The SMILES string of the molecule is CC.CCOC(=N)c1ccc([N+](=O)[O-])cc1F. The molecule has 0 bridgehead atoms. The van der Waals surface area contributed by atoms with Gasteiger partial charge in [-0.3, -0.25) is 15.5 Å². The maximum Gasteiger partial charge on any atom is 0.272 e. The second-order valence-electron chi connectivity index (χ2n) is 2.68. The van der Waals surface area contributed by atoms with Crippen molar-refractivity contribution in [1.29, 1.82) is 5.41 Å². The largest absolute Gasteiger partial charge is 0.478 e. The molecule has 0 amide bonds. The van der Waals surface area contributed by atoms with E-state index in [0.29, 0.717) is 0 Å². The van der Waals surface area contributed by atoms with Gasteiger partial charge in [0.25, 0.3) is 5.69 Å². The van der Waals surface area contributed by atoms with Gasteiger partial charge in [0.05, 0.1) is 23.2 Å². The molecule has 6 heteroatoms. The minimum absolute atomic E-state index is 0.0811. The van der Waals surface area contributed by atoms with Gasteiger partial charge in [-0.2, -0.15) is 0 Å². The summed E-state index contributed by atoms with van der Waals surface area (Å²) >= 11 is 0. The van der Waals surface area contributed by atoms with Crippen LogP contribution in [0.5, 0.6) is 0 Å². The quantitative estimate of drug-likeness (QED) is 0.383. The van der Waals surface area contributed by atoms with Crippen molar-refractivity contribution in [3.05, 3.63) is 39.7 Å². The van der Waals surface area contributed by atoms with E-state index in [1.165, 1.54) is 0 Å². The number of nitrogens with one attached hydrogen (secondary N) is 1. The van der Waals surface area contributed by atoms with Crippen LogP contribution in [0.15, 0.2) is 18.2 Å². The molecular formula is C11H15FN2O3. The van der Waals surface area contributed by atoms with E-state index in [4.69, 9.17) is 10.1 Å². The first-order chi connectivity index (χ1) is 8.06. The third-order valence-corrected chi connectivity index (χ3v) is 1.70. The van der Waals surface area contributed by atoms with E-state index in [1.54, 1.807) is 6.92 Å². The normalized spacial score (nSPS) is 8.94. The maximum absolute atomic E-state index is 13.3. The van der Waals surface area contributed by atoms with Crippen LogP contribution in [0.25, 0.3) is 0 Å². The van der Waals surface area contributed by atoms with Crippen LogP contribution in [0.1, 0.15) is 26.3 Å². The zero-order chi connectivity index (χ0) is 13.4. The zero-order valence-electron chi connectivity index (χ0n) is 9.99. The highest BCUT2D eigenvalue weighted by atomic mass is 19.1. The van der Waals surface area contributed by atoms with Crippen LogP contribution in [0.3, 0.4) is 0 Å². The van der Waals surface area contributed by atoms with Crippen LogP contribution in [-0.2, 0) is 4.74 Å². The minimum atomic E-state index is -0.831. The van der Waals surface area contributed by atoms with Crippen LogP contribution in [-0.4, -0.2) is 17.4 Å². The lowest BCUT2D eigenvalue weighted by atomic mass is 10.2. The summed E-state index contributed by atoms with van der Waals surface area (Å²) in [7, 11) is 0. The summed E-state index contributed by atoms with van der Waals surface area (Å²) in [6.07, 6.45) is 0. The number of rotatable bonds is 3. The van der Waals surface area contributed by atoms with Crippen LogP contribution in [0.2, 0.25) is 0 Å². The van der Waals surface area contributed by atoms with Crippen molar-refractivity contribution >= 4 is 11.6 Å². The predicted molar refractivity (Wildman–Crippen MR) is 62.9 cm³/mol. The Hall–Kier alpha value is -1.98. The van der Waals surface area contributed by atoms with Gasteiger partial charge < -0.3 is 4.74 Å². The maximum atomic E-state index is 13.3. The van der Waals surface area contributed by atoms with Gasteiger partial charge in [0.2, 0.25) is 5.90 Å². The number of nitro groups is 1. The number of nitro benzene ring substituents is 1. The Labute approximate surface area is 98.9 Å². The zero-order valence-corrected chi connectivity index (χ0v) is 9.99.